The van der Waals surface area contributed by atoms with Gasteiger partial charge in [-0.3, -0.25) is 0 Å². The van der Waals surface area contributed by atoms with Gasteiger partial charge in [-0.15, -0.1) is 0 Å². The van der Waals surface area contributed by atoms with Crippen LogP contribution in [0.15, 0.2) is 24.3 Å². The zero-order valence-corrected chi connectivity index (χ0v) is 15.8. The molecule has 1 aromatic carbocycles. The Balaban J connectivity index is 1.88. The number of nitrogens with zero attached hydrogens (tertiary/aromatic N) is 4. The summed E-state index contributed by atoms with van der Waals surface area (Å²) in [5.41, 5.74) is 1.57. The molecule has 2 heterocycles. The Morgan fingerprint density at radius 2 is 2.19 bits per heavy atom. The molecule has 2 N–H and O–H groups in total. The molecule has 0 amide bonds. The number of piperidine rings is 1. The monoisotopic (exact) mass is 368 g/mol. The topological polar surface area (TPSA) is 76.9 Å². The lowest BCUT2D eigenvalue weighted by Crippen LogP contribution is -2.44. The molecule has 0 bridgehead atoms. The lowest BCUT2D eigenvalue weighted by atomic mass is 10.1. The number of benzene rings is 1. The van der Waals surface area contributed by atoms with Gasteiger partial charge in [-0.2, -0.15) is 10.2 Å². The third-order valence-corrected chi connectivity index (χ3v) is 4.77. The molecule has 0 radical (unpaired) electrons. The number of hydrogen-bond donors (Lipinski definition) is 2. The number of anilines is 3. The Morgan fingerprint density at radius 1 is 1.33 bits per heavy atom. The molecule has 1 fully saturated rings. The number of likely N-dealkylation sites (N-methyl/N-ethyl adjacent to an activating group) is 1. The fourth-order valence-electron chi connectivity index (χ4n) is 3.32. The molecule has 2 aromatic rings. The van der Waals surface area contributed by atoms with Crippen molar-refractivity contribution in [3.05, 3.63) is 41.3 Å². The first-order valence-corrected chi connectivity index (χ1v) is 9.39. The number of rotatable bonds is 6. The second-order valence-corrected chi connectivity index (χ2v) is 6.80. The molecule has 1 unspecified atom stereocenters. The highest BCUT2D eigenvalue weighted by molar-refractivity contribution is 5.58. The quantitative estimate of drug-likeness (QED) is 0.814. The zero-order chi connectivity index (χ0) is 19.2. The number of aryl methyl sites for hydroxylation is 1. The van der Waals surface area contributed by atoms with Gasteiger partial charge in [0.2, 0.25) is 5.95 Å². The second-order valence-electron chi connectivity index (χ2n) is 6.80. The van der Waals surface area contributed by atoms with Gasteiger partial charge in [0.25, 0.3) is 0 Å². The van der Waals surface area contributed by atoms with Crippen LogP contribution >= 0.6 is 0 Å². The average molecular weight is 368 g/mol. The summed E-state index contributed by atoms with van der Waals surface area (Å²) in [6, 6.07) is 8.70. The van der Waals surface area contributed by atoms with E-state index in [-0.39, 0.29) is 5.56 Å². The van der Waals surface area contributed by atoms with Gasteiger partial charge >= 0.3 is 0 Å². The maximum atomic E-state index is 13.6. The van der Waals surface area contributed by atoms with Crippen molar-refractivity contribution in [2.75, 3.05) is 30.4 Å². The summed E-state index contributed by atoms with van der Waals surface area (Å²) in [4.78, 5) is 11.5. The maximum Gasteiger partial charge on any atom is 0.229 e. The van der Waals surface area contributed by atoms with Crippen molar-refractivity contribution in [3.8, 4) is 6.07 Å². The van der Waals surface area contributed by atoms with Gasteiger partial charge in [-0.25, -0.2) is 9.37 Å². The number of halogens is 1. The van der Waals surface area contributed by atoms with E-state index >= 15 is 0 Å². The van der Waals surface area contributed by atoms with Crippen molar-refractivity contribution in [3.63, 3.8) is 0 Å². The largest absolute Gasteiger partial charge is 0.355 e. The van der Waals surface area contributed by atoms with Crippen molar-refractivity contribution < 1.29 is 4.39 Å². The van der Waals surface area contributed by atoms with Crippen LogP contribution in [0.4, 0.5) is 21.8 Å². The number of nitriles is 1. The lowest BCUT2D eigenvalue weighted by Gasteiger charge is -2.33. The van der Waals surface area contributed by atoms with Gasteiger partial charge in [0.05, 0.1) is 5.56 Å². The Hall–Kier alpha value is -2.72. The summed E-state index contributed by atoms with van der Waals surface area (Å²) in [6.45, 7) is 3.99. The van der Waals surface area contributed by atoms with Crippen LogP contribution in [-0.4, -0.2) is 36.1 Å². The predicted octanol–water partition coefficient (Wildman–Crippen LogP) is 3.37. The minimum Gasteiger partial charge on any atom is -0.355 e. The molecule has 1 saturated heterocycles. The fourth-order valence-corrected chi connectivity index (χ4v) is 3.32. The minimum atomic E-state index is -0.532. The first-order chi connectivity index (χ1) is 13.1. The van der Waals surface area contributed by atoms with E-state index in [1.807, 2.05) is 13.1 Å². The number of nitrogens with one attached hydrogen (secondary N) is 2. The predicted molar refractivity (Wildman–Crippen MR) is 105 cm³/mol. The molecular formula is C20H25FN6. The summed E-state index contributed by atoms with van der Waals surface area (Å²) >= 11 is 0. The average Bonchev–Trinajstić information content (AvgIpc) is 2.69. The van der Waals surface area contributed by atoms with Crippen LogP contribution in [0, 0.1) is 17.1 Å². The van der Waals surface area contributed by atoms with Gasteiger partial charge in [0, 0.05) is 36.6 Å². The third-order valence-electron chi connectivity index (χ3n) is 4.77. The standard InChI is InChI=1S/C20H25FN6/c1-3-5-15-11-19(27-9-4-6-17(13-27)23-2)26-20(24-15)25-16-7-8-18(21)14(10-16)12-22/h7-8,10-11,17,23H,3-6,9,13H2,1-2H3,(H,24,25,26). The van der Waals surface area contributed by atoms with E-state index < -0.39 is 5.82 Å². The summed E-state index contributed by atoms with van der Waals surface area (Å²) in [6.07, 6.45) is 4.13. The number of aromatic nitrogens is 2. The van der Waals surface area contributed by atoms with E-state index in [1.54, 1.807) is 6.07 Å². The van der Waals surface area contributed by atoms with Crippen molar-refractivity contribution in [1.29, 1.82) is 5.26 Å². The Bertz CT molecular complexity index is 832. The van der Waals surface area contributed by atoms with Crippen molar-refractivity contribution >= 4 is 17.5 Å². The first kappa shape index (κ1) is 19.1. The molecule has 7 heteroatoms. The summed E-state index contributed by atoms with van der Waals surface area (Å²) in [5, 5.41) is 15.5. The Labute approximate surface area is 159 Å². The van der Waals surface area contributed by atoms with Crippen LogP contribution in [0.1, 0.15) is 37.4 Å². The molecule has 0 saturated carbocycles. The van der Waals surface area contributed by atoms with E-state index in [4.69, 9.17) is 5.26 Å². The van der Waals surface area contributed by atoms with Gasteiger partial charge < -0.3 is 15.5 Å². The Morgan fingerprint density at radius 3 is 2.93 bits per heavy atom. The van der Waals surface area contributed by atoms with Crippen molar-refractivity contribution in [2.24, 2.45) is 0 Å². The lowest BCUT2D eigenvalue weighted by molar-refractivity contribution is 0.447. The molecule has 3 rings (SSSR count). The van der Waals surface area contributed by atoms with E-state index in [0.29, 0.717) is 17.7 Å². The second kappa shape index (κ2) is 8.78. The summed E-state index contributed by atoms with van der Waals surface area (Å²) < 4.78 is 13.6. The molecule has 142 valence electrons. The van der Waals surface area contributed by atoms with Crippen molar-refractivity contribution in [2.45, 2.75) is 38.6 Å². The zero-order valence-electron chi connectivity index (χ0n) is 15.8. The summed E-state index contributed by atoms with van der Waals surface area (Å²) in [7, 11) is 1.99. The molecule has 1 aliphatic heterocycles. The smallest absolute Gasteiger partial charge is 0.229 e. The van der Waals surface area contributed by atoms with E-state index in [9.17, 15) is 4.39 Å². The Kier molecular flexibility index (Phi) is 6.20. The van der Waals surface area contributed by atoms with Crippen LogP contribution in [0.3, 0.4) is 0 Å². The third kappa shape index (κ3) is 4.72. The fraction of sp³-hybridized carbons (Fsp3) is 0.450. The minimum absolute atomic E-state index is 0.00201. The van der Waals surface area contributed by atoms with Crippen LogP contribution in [0.25, 0.3) is 0 Å². The van der Waals surface area contributed by atoms with Gasteiger partial charge in [0.15, 0.2) is 0 Å². The van der Waals surface area contributed by atoms with Crippen LogP contribution in [-0.2, 0) is 6.42 Å². The van der Waals surface area contributed by atoms with Gasteiger partial charge in [-0.05, 0) is 44.5 Å². The van der Waals surface area contributed by atoms with Gasteiger partial charge in [0.1, 0.15) is 17.7 Å². The highest BCUT2D eigenvalue weighted by atomic mass is 19.1. The van der Waals surface area contributed by atoms with Crippen molar-refractivity contribution in [1.82, 2.24) is 15.3 Å². The molecular weight excluding hydrogens is 343 g/mol. The highest BCUT2D eigenvalue weighted by Gasteiger charge is 2.20. The molecule has 1 aromatic heterocycles. The molecule has 0 aliphatic carbocycles. The van der Waals surface area contributed by atoms with E-state index in [1.165, 1.54) is 12.1 Å². The normalized spacial score (nSPS) is 16.8. The molecule has 1 atom stereocenters. The summed E-state index contributed by atoms with van der Waals surface area (Å²) in [5.74, 6) is 0.840. The van der Waals surface area contributed by atoms with Crippen LogP contribution in [0.2, 0.25) is 0 Å². The first-order valence-electron chi connectivity index (χ1n) is 9.39. The molecule has 6 nitrogen and oxygen atoms in total. The SMILES string of the molecule is CCCc1cc(N2CCCC(NC)C2)nc(Nc2ccc(F)c(C#N)c2)n1. The van der Waals surface area contributed by atoms with Crippen LogP contribution < -0.4 is 15.5 Å². The van der Waals surface area contributed by atoms with Crippen LogP contribution in [0.5, 0.6) is 0 Å². The maximum absolute atomic E-state index is 13.6. The van der Waals surface area contributed by atoms with E-state index in [2.05, 4.69) is 38.5 Å². The highest BCUT2D eigenvalue weighted by Crippen LogP contribution is 2.23. The van der Waals surface area contributed by atoms with E-state index in [0.717, 1.165) is 50.3 Å². The molecule has 0 spiro atoms. The number of hydrogen-bond acceptors (Lipinski definition) is 6. The molecule has 1 aliphatic rings. The molecule has 27 heavy (non-hydrogen) atoms. The van der Waals surface area contributed by atoms with Gasteiger partial charge in [-0.1, -0.05) is 13.3 Å².